The number of benzene rings is 2. The average Bonchev–Trinajstić information content (AvgIpc) is 3.40. The molecule has 0 aromatic heterocycles. The molecule has 2 aromatic carbocycles. The van der Waals surface area contributed by atoms with Gasteiger partial charge >= 0.3 is 0 Å². The van der Waals surface area contributed by atoms with E-state index in [1.807, 2.05) is 31.2 Å². The summed E-state index contributed by atoms with van der Waals surface area (Å²) in [6, 6.07) is 13.7. The molecule has 0 radical (unpaired) electrons. The number of halogens is 2. The first kappa shape index (κ1) is 20.7. The summed E-state index contributed by atoms with van der Waals surface area (Å²) in [5.41, 5.74) is 2.65. The van der Waals surface area contributed by atoms with Crippen LogP contribution in [0.3, 0.4) is 0 Å². The molecule has 1 heterocycles. The van der Waals surface area contributed by atoms with Crippen LogP contribution < -0.4 is 5.32 Å². The molecule has 160 valence electrons. The van der Waals surface area contributed by atoms with Crippen LogP contribution >= 0.6 is 27.5 Å². The summed E-state index contributed by atoms with van der Waals surface area (Å²) >= 11 is 9.49. The summed E-state index contributed by atoms with van der Waals surface area (Å²) in [6.07, 6.45) is 1.86. The average molecular weight is 502 g/mol. The minimum absolute atomic E-state index is 0.175. The minimum atomic E-state index is -0.393. The van der Waals surface area contributed by atoms with Gasteiger partial charge in [-0.1, -0.05) is 41.9 Å². The first-order valence-corrected chi connectivity index (χ1v) is 11.7. The highest BCUT2D eigenvalue weighted by atomic mass is 79.9. The van der Waals surface area contributed by atoms with Gasteiger partial charge in [-0.15, -0.1) is 0 Å². The number of imide groups is 1. The Morgan fingerprint density at radius 3 is 2.58 bits per heavy atom. The predicted octanol–water partition coefficient (Wildman–Crippen LogP) is 4.77. The van der Waals surface area contributed by atoms with Gasteiger partial charge < -0.3 is 5.32 Å². The third-order valence-corrected chi connectivity index (χ3v) is 8.37. The Morgan fingerprint density at radius 1 is 1.13 bits per heavy atom. The lowest BCUT2D eigenvalue weighted by molar-refractivity contribution is -0.143. The highest BCUT2D eigenvalue weighted by Crippen LogP contribution is 2.61. The van der Waals surface area contributed by atoms with E-state index in [2.05, 4.69) is 33.4 Å². The molecule has 2 bridgehead atoms. The van der Waals surface area contributed by atoms with Crippen LogP contribution in [0, 0.1) is 30.6 Å². The molecule has 5 nitrogen and oxygen atoms in total. The van der Waals surface area contributed by atoms with Crippen molar-refractivity contribution < 1.29 is 14.4 Å². The van der Waals surface area contributed by atoms with Gasteiger partial charge in [-0.3, -0.25) is 19.3 Å². The van der Waals surface area contributed by atoms with Crippen molar-refractivity contribution >= 4 is 50.9 Å². The van der Waals surface area contributed by atoms with E-state index < -0.39 is 5.91 Å². The van der Waals surface area contributed by atoms with Gasteiger partial charge in [0.2, 0.25) is 17.7 Å². The summed E-state index contributed by atoms with van der Waals surface area (Å²) in [6.45, 7) is 1.60. The van der Waals surface area contributed by atoms with Gasteiger partial charge in [0.05, 0.1) is 16.9 Å². The summed E-state index contributed by atoms with van der Waals surface area (Å²) in [5, 5.41) is 3.27. The van der Waals surface area contributed by atoms with E-state index in [0.29, 0.717) is 16.6 Å². The Morgan fingerprint density at radius 2 is 1.84 bits per heavy atom. The molecule has 1 N–H and O–H groups in total. The van der Waals surface area contributed by atoms with Crippen LogP contribution in [-0.4, -0.2) is 29.2 Å². The van der Waals surface area contributed by atoms with Gasteiger partial charge in [-0.2, -0.15) is 0 Å². The maximum Gasteiger partial charge on any atom is 0.244 e. The molecule has 0 spiro atoms. The summed E-state index contributed by atoms with van der Waals surface area (Å²) < 4.78 is 0.742. The van der Waals surface area contributed by atoms with Crippen LogP contribution in [0.15, 0.2) is 46.9 Å². The lowest BCUT2D eigenvalue weighted by atomic mass is 9.73. The fourth-order valence-electron chi connectivity index (χ4n) is 5.87. The fourth-order valence-corrected chi connectivity index (χ4v) is 6.50. The third kappa shape index (κ3) is 3.40. The number of likely N-dealkylation sites (tertiary alicyclic amines) is 1. The molecule has 1 saturated heterocycles. The standard InChI is InChI=1S/C24H22BrClN2O3/c1-12-7-17(25)18(26)10-19(12)27-20(29)11-28-23(30)21-14-8-15(13-5-3-2-4-6-13)16(9-14)22(21)24(28)31/h2-7,10,14-16,21-22H,8-9,11H2,1H3,(H,27,29)/t14-,15+,16-,21+,22+/m1/s1. The number of rotatable bonds is 4. The number of hydrogen-bond acceptors (Lipinski definition) is 3. The molecule has 7 heteroatoms. The third-order valence-electron chi connectivity index (χ3n) is 7.18. The normalized spacial score (nSPS) is 28.9. The van der Waals surface area contributed by atoms with Gasteiger partial charge in [0, 0.05) is 10.2 Å². The van der Waals surface area contributed by atoms with Crippen molar-refractivity contribution in [2.45, 2.75) is 25.7 Å². The highest BCUT2D eigenvalue weighted by Gasteiger charge is 2.63. The largest absolute Gasteiger partial charge is 0.324 e. The number of nitrogens with one attached hydrogen (secondary N) is 1. The van der Waals surface area contributed by atoms with Gasteiger partial charge in [0.1, 0.15) is 6.54 Å². The summed E-state index contributed by atoms with van der Waals surface area (Å²) in [7, 11) is 0. The zero-order valence-electron chi connectivity index (χ0n) is 17.0. The monoisotopic (exact) mass is 500 g/mol. The molecule has 5 atom stereocenters. The Bertz CT molecular complexity index is 1090. The molecule has 3 aliphatic rings. The molecular weight excluding hydrogens is 480 g/mol. The number of hydrogen-bond donors (Lipinski definition) is 1. The van der Waals surface area contributed by atoms with Gasteiger partial charge in [0.25, 0.3) is 0 Å². The van der Waals surface area contributed by atoms with Crippen molar-refractivity contribution in [1.29, 1.82) is 0 Å². The van der Waals surface area contributed by atoms with E-state index in [0.717, 1.165) is 22.9 Å². The number of carbonyl (C=O) groups excluding carboxylic acids is 3. The first-order valence-electron chi connectivity index (χ1n) is 10.5. The van der Waals surface area contributed by atoms with E-state index in [4.69, 9.17) is 11.6 Å². The molecule has 0 unspecified atom stereocenters. The van der Waals surface area contributed by atoms with Crippen molar-refractivity contribution in [3.8, 4) is 0 Å². The smallest absolute Gasteiger partial charge is 0.244 e. The number of aryl methyl sites for hydroxylation is 1. The zero-order valence-corrected chi connectivity index (χ0v) is 19.3. The van der Waals surface area contributed by atoms with Crippen LogP contribution in [0.2, 0.25) is 5.02 Å². The van der Waals surface area contributed by atoms with E-state index in [1.54, 1.807) is 6.07 Å². The van der Waals surface area contributed by atoms with Crippen LogP contribution in [0.5, 0.6) is 0 Å². The lowest BCUT2D eigenvalue weighted by Crippen LogP contribution is -2.39. The van der Waals surface area contributed by atoms with E-state index in [-0.39, 0.29) is 42.0 Å². The van der Waals surface area contributed by atoms with Crippen LogP contribution in [-0.2, 0) is 14.4 Å². The Kier molecular flexibility index (Phi) is 5.18. The summed E-state index contributed by atoms with van der Waals surface area (Å²) in [4.78, 5) is 40.2. The van der Waals surface area contributed by atoms with E-state index in [9.17, 15) is 14.4 Å². The van der Waals surface area contributed by atoms with Crippen LogP contribution in [0.1, 0.15) is 29.9 Å². The molecule has 31 heavy (non-hydrogen) atoms. The molecule has 2 saturated carbocycles. The van der Waals surface area contributed by atoms with Gasteiger partial charge in [0.15, 0.2) is 0 Å². The minimum Gasteiger partial charge on any atom is -0.324 e. The molecule has 1 aliphatic heterocycles. The SMILES string of the molecule is Cc1cc(Br)c(Cl)cc1NC(=O)CN1C(=O)[C@H]2[C@H]3C[C@@H]([C@@H]2C1=O)[C@H](c1ccccc1)C3. The van der Waals surface area contributed by atoms with Crippen LogP contribution in [0.25, 0.3) is 0 Å². The second-order valence-electron chi connectivity index (χ2n) is 8.86. The lowest BCUT2D eigenvalue weighted by Gasteiger charge is -2.28. The number of nitrogens with zero attached hydrogens (tertiary/aromatic N) is 1. The second-order valence-corrected chi connectivity index (χ2v) is 10.1. The van der Waals surface area contributed by atoms with Crippen molar-refractivity contribution in [2.75, 3.05) is 11.9 Å². The molecule has 2 aromatic rings. The maximum atomic E-state index is 13.2. The van der Waals surface area contributed by atoms with Gasteiger partial charge in [-0.05, 0) is 76.7 Å². The van der Waals surface area contributed by atoms with Crippen molar-refractivity contribution in [3.05, 3.63) is 63.1 Å². The van der Waals surface area contributed by atoms with Gasteiger partial charge in [-0.25, -0.2) is 0 Å². The second kappa shape index (κ2) is 7.75. The Hall–Kier alpha value is -2.18. The molecular formula is C24H22BrClN2O3. The van der Waals surface area contributed by atoms with E-state index >= 15 is 0 Å². The topological polar surface area (TPSA) is 66.5 Å². The number of anilines is 1. The quantitative estimate of drug-likeness (QED) is 0.614. The molecule has 5 rings (SSSR count). The van der Waals surface area contributed by atoms with Crippen molar-refractivity contribution in [2.24, 2.45) is 23.7 Å². The molecule has 2 aliphatic carbocycles. The van der Waals surface area contributed by atoms with Crippen LogP contribution in [0.4, 0.5) is 5.69 Å². The number of carbonyl (C=O) groups is 3. The fraction of sp³-hybridized carbons (Fsp3) is 0.375. The first-order chi connectivity index (χ1) is 14.8. The highest BCUT2D eigenvalue weighted by molar-refractivity contribution is 9.10. The Balaban J connectivity index is 1.32. The predicted molar refractivity (Wildman–Crippen MR) is 122 cm³/mol. The van der Waals surface area contributed by atoms with E-state index in [1.165, 1.54) is 10.5 Å². The summed E-state index contributed by atoms with van der Waals surface area (Å²) in [5.74, 6) is -0.631. The molecule has 3 fully saturated rings. The maximum absolute atomic E-state index is 13.2. The zero-order chi connectivity index (χ0) is 21.9. The Labute approximate surface area is 194 Å². The van der Waals surface area contributed by atoms with Crippen molar-refractivity contribution in [3.63, 3.8) is 0 Å². The number of fused-ring (bicyclic) bond motifs is 5. The van der Waals surface area contributed by atoms with Crippen molar-refractivity contribution in [1.82, 2.24) is 4.90 Å². The number of amides is 3. The molecule has 3 amide bonds.